The number of fused-ring (bicyclic) bond motifs is 1. The number of aromatic nitrogens is 5. The second-order valence-corrected chi connectivity index (χ2v) is 9.18. The van der Waals surface area contributed by atoms with E-state index in [9.17, 15) is 9.59 Å². The maximum absolute atomic E-state index is 13.2. The zero-order valence-electron chi connectivity index (χ0n) is 21.2. The van der Waals surface area contributed by atoms with Crippen molar-refractivity contribution in [2.75, 3.05) is 25.5 Å². The van der Waals surface area contributed by atoms with Crippen LogP contribution in [-0.4, -0.2) is 62.1 Å². The molecular formula is C27H30N8O2. The number of carbonyl (C=O) groups excluding carboxylic acids is 2. The Morgan fingerprint density at radius 2 is 1.92 bits per heavy atom. The third-order valence-electron chi connectivity index (χ3n) is 6.55. The lowest BCUT2D eigenvalue weighted by molar-refractivity contribution is 0.0826. The van der Waals surface area contributed by atoms with E-state index >= 15 is 0 Å². The number of hydrogen-bond acceptors (Lipinski definition) is 6. The number of H-pyrrole nitrogens is 1. The minimum atomic E-state index is -0.194. The molecule has 3 aromatic heterocycles. The molecule has 0 fully saturated rings. The van der Waals surface area contributed by atoms with Crippen molar-refractivity contribution in [1.29, 1.82) is 0 Å². The minimum Gasteiger partial charge on any atom is -0.352 e. The van der Waals surface area contributed by atoms with E-state index in [4.69, 9.17) is 0 Å². The number of pyridine rings is 1. The number of amides is 2. The summed E-state index contributed by atoms with van der Waals surface area (Å²) in [4.78, 5) is 41.0. The van der Waals surface area contributed by atoms with Gasteiger partial charge in [0.25, 0.3) is 11.8 Å². The number of imidazole rings is 1. The number of aryl methyl sites for hydroxylation is 1. The van der Waals surface area contributed by atoms with Gasteiger partial charge in [-0.3, -0.25) is 14.3 Å². The monoisotopic (exact) mass is 498 g/mol. The Bertz CT molecular complexity index is 1390. The lowest BCUT2D eigenvalue weighted by atomic mass is 10.0. The lowest BCUT2D eigenvalue weighted by Crippen LogP contribution is -2.33. The van der Waals surface area contributed by atoms with Crippen LogP contribution in [-0.2, 0) is 26.1 Å². The van der Waals surface area contributed by atoms with E-state index < -0.39 is 0 Å². The number of aromatic amines is 1. The van der Waals surface area contributed by atoms with Crippen molar-refractivity contribution in [3.63, 3.8) is 0 Å². The highest BCUT2D eigenvalue weighted by Gasteiger charge is 2.28. The first-order valence-corrected chi connectivity index (χ1v) is 12.3. The summed E-state index contributed by atoms with van der Waals surface area (Å²) in [6.07, 6.45) is 5.88. The summed E-state index contributed by atoms with van der Waals surface area (Å²) < 4.78 is 1.92. The molecule has 1 aliphatic heterocycles. The zero-order chi connectivity index (χ0) is 25.9. The number of hydrogen-bond donors (Lipinski definition) is 2. The average Bonchev–Trinajstić information content (AvgIpc) is 3.60. The van der Waals surface area contributed by atoms with Gasteiger partial charge in [0, 0.05) is 82.1 Å². The van der Waals surface area contributed by atoms with Crippen LogP contribution in [0.1, 0.15) is 44.6 Å². The smallest absolute Gasteiger partial charge is 0.272 e. The summed E-state index contributed by atoms with van der Waals surface area (Å²) >= 11 is 0. The molecule has 4 heterocycles. The Morgan fingerprint density at radius 3 is 2.57 bits per heavy atom. The van der Waals surface area contributed by atoms with Crippen LogP contribution in [0.5, 0.6) is 0 Å². The van der Waals surface area contributed by atoms with Gasteiger partial charge < -0.3 is 20.1 Å². The number of carbonyl (C=O) groups is 2. The molecule has 4 aromatic rings. The molecule has 2 amide bonds. The van der Waals surface area contributed by atoms with Crippen molar-refractivity contribution in [1.82, 2.24) is 34.9 Å². The van der Waals surface area contributed by atoms with Crippen LogP contribution >= 0.6 is 0 Å². The highest BCUT2D eigenvalue weighted by Crippen LogP contribution is 2.26. The third-order valence-corrected chi connectivity index (χ3v) is 6.55. The Kier molecular flexibility index (Phi) is 6.72. The van der Waals surface area contributed by atoms with Crippen molar-refractivity contribution in [2.45, 2.75) is 33.0 Å². The number of anilines is 1. The maximum Gasteiger partial charge on any atom is 0.272 e. The number of benzene rings is 1. The van der Waals surface area contributed by atoms with Crippen molar-refractivity contribution >= 4 is 17.6 Å². The fourth-order valence-electron chi connectivity index (χ4n) is 4.56. The zero-order valence-corrected chi connectivity index (χ0v) is 21.2. The summed E-state index contributed by atoms with van der Waals surface area (Å²) in [5.41, 5.74) is 4.99. The summed E-state index contributed by atoms with van der Waals surface area (Å²) in [6.45, 7) is 4.42. The van der Waals surface area contributed by atoms with Crippen LogP contribution in [0.4, 0.5) is 5.82 Å². The van der Waals surface area contributed by atoms with E-state index in [2.05, 4.69) is 30.3 Å². The standard InChI is InChI=1S/C27H30N8O2/c1-4-35-22-11-14-34(23-10-9-20(16-30-23)27(37)33(2)3)17-21(22)24(32-35)26(36)31-15-18-5-7-19(8-6-18)25-28-12-13-29-25/h5-10,12-13,16H,4,11,14-15,17H2,1-3H3,(H,28,29)(H,31,36). The Hall–Kier alpha value is -4.47. The maximum atomic E-state index is 13.2. The molecule has 0 atom stereocenters. The molecule has 0 bridgehead atoms. The number of rotatable bonds is 7. The first-order valence-electron chi connectivity index (χ1n) is 12.3. The van der Waals surface area contributed by atoms with Crippen molar-refractivity contribution in [3.05, 3.63) is 83.1 Å². The van der Waals surface area contributed by atoms with Gasteiger partial charge in [-0.1, -0.05) is 24.3 Å². The van der Waals surface area contributed by atoms with E-state index in [1.807, 2.05) is 41.9 Å². The summed E-state index contributed by atoms with van der Waals surface area (Å²) in [5.74, 6) is 1.30. The molecule has 1 aliphatic rings. The minimum absolute atomic E-state index is 0.0845. The van der Waals surface area contributed by atoms with E-state index in [0.717, 1.165) is 47.0 Å². The second-order valence-electron chi connectivity index (χ2n) is 9.18. The molecule has 0 saturated heterocycles. The van der Waals surface area contributed by atoms with Gasteiger partial charge in [-0.25, -0.2) is 9.97 Å². The lowest BCUT2D eigenvalue weighted by Gasteiger charge is -2.29. The molecular weight excluding hydrogens is 468 g/mol. The van der Waals surface area contributed by atoms with E-state index in [1.165, 1.54) is 4.90 Å². The molecule has 190 valence electrons. The van der Waals surface area contributed by atoms with Gasteiger partial charge >= 0.3 is 0 Å². The second kappa shape index (κ2) is 10.3. The molecule has 0 spiro atoms. The molecule has 5 rings (SSSR count). The van der Waals surface area contributed by atoms with Crippen LogP contribution in [0.25, 0.3) is 11.4 Å². The van der Waals surface area contributed by atoms with Gasteiger partial charge in [-0.15, -0.1) is 0 Å². The predicted octanol–water partition coefficient (Wildman–Crippen LogP) is 2.88. The van der Waals surface area contributed by atoms with Gasteiger partial charge in [0.05, 0.1) is 5.56 Å². The van der Waals surface area contributed by atoms with Crippen molar-refractivity contribution < 1.29 is 9.59 Å². The van der Waals surface area contributed by atoms with Gasteiger partial charge in [-0.2, -0.15) is 5.10 Å². The van der Waals surface area contributed by atoms with Crippen molar-refractivity contribution in [2.24, 2.45) is 0 Å². The SMILES string of the molecule is CCn1nc(C(=O)NCc2ccc(-c3ncc[nH]3)cc2)c2c1CCN(c1ccc(C(=O)N(C)C)cn1)C2. The van der Waals surface area contributed by atoms with Crippen LogP contribution in [0, 0.1) is 0 Å². The topological polar surface area (TPSA) is 112 Å². The summed E-state index contributed by atoms with van der Waals surface area (Å²) in [6, 6.07) is 11.6. The first kappa shape index (κ1) is 24.2. The third kappa shape index (κ3) is 4.95. The number of nitrogens with zero attached hydrogens (tertiary/aromatic N) is 6. The van der Waals surface area contributed by atoms with Crippen LogP contribution < -0.4 is 10.2 Å². The first-order chi connectivity index (χ1) is 17.9. The highest BCUT2D eigenvalue weighted by atomic mass is 16.2. The van der Waals surface area contributed by atoms with Gasteiger partial charge in [0.1, 0.15) is 11.6 Å². The van der Waals surface area contributed by atoms with Gasteiger partial charge in [-0.05, 0) is 24.6 Å². The average molecular weight is 499 g/mol. The largest absolute Gasteiger partial charge is 0.352 e. The Labute approximate surface area is 215 Å². The van der Waals surface area contributed by atoms with Crippen LogP contribution in [0.15, 0.2) is 55.0 Å². The fourth-order valence-corrected chi connectivity index (χ4v) is 4.56. The fraction of sp³-hybridized carbons (Fsp3) is 0.296. The van der Waals surface area contributed by atoms with Crippen LogP contribution in [0.3, 0.4) is 0 Å². The van der Waals surface area contributed by atoms with E-state index in [-0.39, 0.29) is 11.8 Å². The summed E-state index contributed by atoms with van der Waals surface area (Å²) in [5, 5.41) is 7.68. The predicted molar refractivity (Wildman–Crippen MR) is 140 cm³/mol. The number of nitrogens with one attached hydrogen (secondary N) is 2. The molecule has 37 heavy (non-hydrogen) atoms. The molecule has 10 heteroatoms. The Morgan fingerprint density at radius 1 is 1.11 bits per heavy atom. The van der Waals surface area contributed by atoms with Crippen LogP contribution in [0.2, 0.25) is 0 Å². The summed E-state index contributed by atoms with van der Waals surface area (Å²) in [7, 11) is 3.44. The molecule has 1 aromatic carbocycles. The molecule has 2 N–H and O–H groups in total. The van der Waals surface area contributed by atoms with Gasteiger partial charge in [0.2, 0.25) is 0 Å². The normalized spacial score (nSPS) is 12.8. The quantitative estimate of drug-likeness (QED) is 0.405. The molecule has 0 aliphatic carbocycles. The molecule has 0 unspecified atom stereocenters. The highest BCUT2D eigenvalue weighted by molar-refractivity contribution is 5.94. The van der Waals surface area contributed by atoms with Crippen molar-refractivity contribution in [3.8, 4) is 11.4 Å². The van der Waals surface area contributed by atoms with E-state index in [0.29, 0.717) is 30.9 Å². The van der Waals surface area contributed by atoms with E-state index in [1.54, 1.807) is 38.8 Å². The Balaban J connectivity index is 1.30. The molecule has 10 nitrogen and oxygen atoms in total. The van der Waals surface area contributed by atoms with Gasteiger partial charge in [0.15, 0.2) is 5.69 Å². The molecule has 0 saturated carbocycles. The molecule has 0 radical (unpaired) electrons.